The first-order chi connectivity index (χ1) is 11.9. The molecule has 0 fully saturated rings. The monoisotopic (exact) mass is 419 g/mol. The quantitative estimate of drug-likeness (QED) is 0.794. The van der Waals surface area contributed by atoms with Crippen molar-refractivity contribution in [2.24, 2.45) is 0 Å². The van der Waals surface area contributed by atoms with Gasteiger partial charge in [-0.1, -0.05) is 51.8 Å². The third-order valence-corrected chi connectivity index (χ3v) is 6.14. The van der Waals surface area contributed by atoms with Gasteiger partial charge < -0.3 is 0 Å². The second-order valence-electron chi connectivity index (χ2n) is 6.04. The average Bonchev–Trinajstić information content (AvgIpc) is 3.00. The molecule has 130 valence electrons. The Hall–Kier alpha value is -1.76. The molecule has 0 aromatic heterocycles. The Bertz CT molecular complexity index is 916. The lowest BCUT2D eigenvalue weighted by Crippen LogP contribution is -2.31. The van der Waals surface area contributed by atoms with E-state index < -0.39 is 16.1 Å². The van der Waals surface area contributed by atoms with Gasteiger partial charge in [-0.05, 0) is 43.2 Å². The fourth-order valence-corrected chi connectivity index (χ4v) is 4.27. The van der Waals surface area contributed by atoms with Crippen molar-refractivity contribution < 1.29 is 13.2 Å². The second kappa shape index (κ2) is 7.23. The maximum atomic E-state index is 12.8. The van der Waals surface area contributed by atoms with Crippen LogP contribution in [0.2, 0.25) is 0 Å². The maximum Gasteiger partial charge on any atom is 0.241 e. The van der Waals surface area contributed by atoms with E-state index in [-0.39, 0.29) is 10.7 Å². The minimum Gasteiger partial charge on any atom is -0.294 e. The van der Waals surface area contributed by atoms with Crippen LogP contribution in [0.1, 0.15) is 30.0 Å². The van der Waals surface area contributed by atoms with Gasteiger partial charge in [0.2, 0.25) is 10.0 Å². The number of aryl methyl sites for hydroxylation is 1. The standard InChI is InChI=1S/C19H18BrNO3S/c1-13-5-11-16(12-6-13)25(23,24)21-19(17-3-2-4-18(17)22)14-7-9-15(20)10-8-14/h3,5-12,19,21H,2,4H2,1H3. The van der Waals surface area contributed by atoms with Crippen molar-refractivity contribution in [1.82, 2.24) is 4.72 Å². The van der Waals surface area contributed by atoms with Crippen LogP contribution in [0.15, 0.2) is 69.5 Å². The summed E-state index contributed by atoms with van der Waals surface area (Å²) in [5, 5.41) is 0. The van der Waals surface area contributed by atoms with E-state index in [1.165, 1.54) is 0 Å². The molecule has 2 aromatic carbocycles. The topological polar surface area (TPSA) is 63.2 Å². The summed E-state index contributed by atoms with van der Waals surface area (Å²) in [7, 11) is -3.75. The van der Waals surface area contributed by atoms with Crippen molar-refractivity contribution in [1.29, 1.82) is 0 Å². The molecule has 6 heteroatoms. The number of hydrogen-bond acceptors (Lipinski definition) is 3. The molecule has 0 bridgehead atoms. The molecule has 1 unspecified atom stereocenters. The van der Waals surface area contributed by atoms with Crippen molar-refractivity contribution in [3.05, 3.63) is 75.8 Å². The summed E-state index contributed by atoms with van der Waals surface area (Å²) in [6, 6.07) is 13.3. The van der Waals surface area contributed by atoms with Crippen LogP contribution >= 0.6 is 15.9 Å². The molecule has 0 aliphatic heterocycles. The number of halogens is 1. The van der Waals surface area contributed by atoms with Crippen LogP contribution in [0.5, 0.6) is 0 Å². The highest BCUT2D eigenvalue weighted by Crippen LogP contribution is 2.30. The van der Waals surface area contributed by atoms with Gasteiger partial charge in [-0.2, -0.15) is 4.72 Å². The minimum absolute atomic E-state index is 0.0143. The summed E-state index contributed by atoms with van der Waals surface area (Å²) in [4.78, 5) is 12.4. The van der Waals surface area contributed by atoms with Crippen molar-refractivity contribution in [2.75, 3.05) is 0 Å². The number of nitrogens with one attached hydrogen (secondary N) is 1. The molecule has 0 saturated heterocycles. The van der Waals surface area contributed by atoms with E-state index in [1.54, 1.807) is 24.3 Å². The maximum absolute atomic E-state index is 12.8. The Labute approximate surface area is 156 Å². The van der Waals surface area contributed by atoms with Crippen LogP contribution in [0.4, 0.5) is 0 Å². The highest BCUT2D eigenvalue weighted by molar-refractivity contribution is 9.10. The van der Waals surface area contributed by atoms with Gasteiger partial charge in [-0.25, -0.2) is 8.42 Å². The second-order valence-corrected chi connectivity index (χ2v) is 8.67. The molecule has 1 N–H and O–H groups in total. The van der Waals surface area contributed by atoms with E-state index >= 15 is 0 Å². The Morgan fingerprint density at radius 2 is 1.68 bits per heavy atom. The van der Waals surface area contributed by atoms with Crippen molar-refractivity contribution in [2.45, 2.75) is 30.7 Å². The van der Waals surface area contributed by atoms with Gasteiger partial charge in [0.1, 0.15) is 0 Å². The van der Waals surface area contributed by atoms with Crippen LogP contribution in [0.25, 0.3) is 0 Å². The predicted octanol–water partition coefficient (Wildman–Crippen LogP) is 4.07. The van der Waals surface area contributed by atoms with Crippen molar-refractivity contribution in [3.63, 3.8) is 0 Å². The largest absolute Gasteiger partial charge is 0.294 e. The number of benzene rings is 2. The van der Waals surface area contributed by atoms with E-state index in [4.69, 9.17) is 0 Å². The van der Waals surface area contributed by atoms with Gasteiger partial charge in [0.25, 0.3) is 0 Å². The summed E-state index contributed by atoms with van der Waals surface area (Å²) < 4.78 is 29.2. The normalized spacial score (nSPS) is 15.9. The highest BCUT2D eigenvalue weighted by atomic mass is 79.9. The number of carbonyl (C=O) groups is 1. The zero-order valence-electron chi connectivity index (χ0n) is 13.7. The number of allylic oxidation sites excluding steroid dienone is 1. The number of carbonyl (C=O) groups excluding carboxylic acids is 1. The number of Topliss-reactive ketones (excluding diaryl/α,β-unsaturated/α-hetero) is 1. The lowest BCUT2D eigenvalue weighted by molar-refractivity contribution is -0.115. The fraction of sp³-hybridized carbons (Fsp3) is 0.211. The molecule has 4 nitrogen and oxygen atoms in total. The summed E-state index contributed by atoms with van der Waals surface area (Å²) >= 11 is 3.37. The van der Waals surface area contributed by atoms with Gasteiger partial charge in [0.05, 0.1) is 10.9 Å². The number of ketones is 1. The molecule has 0 saturated carbocycles. The molecule has 0 heterocycles. The Kier molecular flexibility index (Phi) is 5.22. The predicted molar refractivity (Wildman–Crippen MR) is 101 cm³/mol. The van der Waals surface area contributed by atoms with Crippen LogP contribution in [0, 0.1) is 6.92 Å². The van der Waals surface area contributed by atoms with Gasteiger partial charge in [-0.3, -0.25) is 4.79 Å². The summed E-state index contributed by atoms with van der Waals surface area (Å²) in [5.41, 5.74) is 2.23. The van der Waals surface area contributed by atoms with Crippen molar-refractivity contribution >= 4 is 31.7 Å². The molecule has 1 atom stereocenters. The lowest BCUT2D eigenvalue weighted by Gasteiger charge is -2.20. The SMILES string of the molecule is Cc1ccc(S(=O)(=O)NC(C2=CCCC2=O)c2ccc(Br)cc2)cc1. The summed E-state index contributed by atoms with van der Waals surface area (Å²) in [6.45, 7) is 1.90. The minimum atomic E-state index is -3.75. The first-order valence-electron chi connectivity index (χ1n) is 7.94. The van der Waals surface area contributed by atoms with Gasteiger partial charge in [-0.15, -0.1) is 0 Å². The molecule has 1 aliphatic rings. The van der Waals surface area contributed by atoms with E-state index in [0.29, 0.717) is 18.4 Å². The smallest absolute Gasteiger partial charge is 0.241 e. The number of rotatable bonds is 5. The molecule has 1 aliphatic carbocycles. The van der Waals surface area contributed by atoms with E-state index in [2.05, 4.69) is 20.7 Å². The van der Waals surface area contributed by atoms with Crippen LogP contribution in [-0.4, -0.2) is 14.2 Å². The molecular weight excluding hydrogens is 402 g/mol. The zero-order chi connectivity index (χ0) is 18.0. The van der Waals surface area contributed by atoms with Crippen LogP contribution < -0.4 is 4.72 Å². The van der Waals surface area contributed by atoms with Gasteiger partial charge in [0.15, 0.2) is 5.78 Å². The zero-order valence-corrected chi connectivity index (χ0v) is 16.1. The highest BCUT2D eigenvalue weighted by Gasteiger charge is 2.29. The average molecular weight is 420 g/mol. The molecule has 2 aromatic rings. The van der Waals surface area contributed by atoms with Crippen LogP contribution in [-0.2, 0) is 14.8 Å². The molecule has 0 spiro atoms. The first-order valence-corrected chi connectivity index (χ1v) is 10.2. The molecule has 25 heavy (non-hydrogen) atoms. The third kappa shape index (κ3) is 4.08. The van der Waals surface area contributed by atoms with Crippen molar-refractivity contribution in [3.8, 4) is 0 Å². The van der Waals surface area contributed by atoms with E-state index in [1.807, 2.05) is 37.3 Å². The van der Waals surface area contributed by atoms with Crippen LogP contribution in [0.3, 0.4) is 0 Å². The Morgan fingerprint density at radius 3 is 2.24 bits per heavy atom. The Morgan fingerprint density at radius 1 is 1.04 bits per heavy atom. The number of hydrogen-bond donors (Lipinski definition) is 1. The fourth-order valence-electron chi connectivity index (χ4n) is 2.80. The summed E-state index contributed by atoms with van der Waals surface area (Å²) in [6.07, 6.45) is 2.90. The third-order valence-electron chi connectivity index (χ3n) is 4.18. The molecule has 0 radical (unpaired) electrons. The Balaban J connectivity index is 1.98. The van der Waals surface area contributed by atoms with E-state index in [9.17, 15) is 13.2 Å². The first kappa shape index (κ1) is 18.0. The summed E-state index contributed by atoms with van der Waals surface area (Å²) in [5.74, 6) is -0.0143. The molecular formula is C19H18BrNO3S. The number of sulfonamides is 1. The van der Waals surface area contributed by atoms with Gasteiger partial charge >= 0.3 is 0 Å². The van der Waals surface area contributed by atoms with Gasteiger partial charge in [0, 0.05) is 16.5 Å². The lowest BCUT2D eigenvalue weighted by atomic mass is 9.98. The molecule has 3 rings (SSSR count). The molecule has 0 amide bonds. The van der Waals surface area contributed by atoms with E-state index in [0.717, 1.165) is 15.6 Å².